The summed E-state index contributed by atoms with van der Waals surface area (Å²) in [5.74, 6) is 1.40. The average Bonchev–Trinajstić information content (AvgIpc) is 2.28. The van der Waals surface area contributed by atoms with Crippen molar-refractivity contribution >= 4 is 6.29 Å². The van der Waals surface area contributed by atoms with Gasteiger partial charge < -0.3 is 10.1 Å². The molecule has 0 aromatic heterocycles. The van der Waals surface area contributed by atoms with Crippen LogP contribution in [0.1, 0.15) is 13.8 Å². The number of hydrogen-bond acceptors (Lipinski definition) is 2. The first-order valence-corrected chi connectivity index (χ1v) is 3.86. The van der Waals surface area contributed by atoms with E-state index >= 15 is 0 Å². The Morgan fingerprint density at radius 3 is 2.60 bits per heavy atom. The fraction of sp³-hybridized carbons (Fsp3) is 0.875. The third-order valence-corrected chi connectivity index (χ3v) is 3.25. The normalized spacial score (nSPS) is 48.4. The molecule has 0 radical (unpaired) electrons. The Morgan fingerprint density at radius 2 is 2.30 bits per heavy atom. The fourth-order valence-corrected chi connectivity index (χ4v) is 2.41. The van der Waals surface area contributed by atoms with Crippen molar-refractivity contribution in [1.29, 1.82) is 0 Å². The molecule has 56 valence electrons. The molecule has 3 unspecified atom stereocenters. The van der Waals surface area contributed by atoms with Crippen molar-refractivity contribution in [2.75, 3.05) is 6.54 Å². The molecule has 1 saturated carbocycles. The molecule has 1 saturated heterocycles. The Kier molecular flexibility index (Phi) is 1.03. The van der Waals surface area contributed by atoms with E-state index in [-0.39, 0.29) is 6.04 Å². The molecular weight excluding hydrogens is 126 g/mol. The second-order valence-corrected chi connectivity index (χ2v) is 4.02. The van der Waals surface area contributed by atoms with E-state index in [9.17, 15) is 4.79 Å². The van der Waals surface area contributed by atoms with Crippen LogP contribution in [-0.2, 0) is 4.79 Å². The van der Waals surface area contributed by atoms with Crippen molar-refractivity contribution in [2.24, 2.45) is 17.3 Å². The maximum absolute atomic E-state index is 10.5. The van der Waals surface area contributed by atoms with E-state index in [1.165, 1.54) is 0 Å². The summed E-state index contributed by atoms with van der Waals surface area (Å²) in [6, 6.07) is 0.153. The van der Waals surface area contributed by atoms with E-state index in [4.69, 9.17) is 0 Å². The molecule has 2 rings (SSSR count). The Morgan fingerprint density at radius 1 is 1.60 bits per heavy atom. The molecule has 2 heteroatoms. The average molecular weight is 139 g/mol. The Hall–Kier alpha value is -0.370. The van der Waals surface area contributed by atoms with Crippen LogP contribution >= 0.6 is 0 Å². The third-order valence-electron chi connectivity index (χ3n) is 3.25. The molecule has 2 aliphatic rings. The van der Waals surface area contributed by atoms with Crippen LogP contribution < -0.4 is 5.32 Å². The predicted molar refractivity (Wildman–Crippen MR) is 38.6 cm³/mol. The van der Waals surface area contributed by atoms with Gasteiger partial charge in [0.05, 0.1) is 6.04 Å². The number of nitrogens with one attached hydrogen (secondary N) is 1. The van der Waals surface area contributed by atoms with Crippen LogP contribution in [0.25, 0.3) is 0 Å². The van der Waals surface area contributed by atoms with E-state index in [1.54, 1.807) is 0 Å². The number of fused-ring (bicyclic) bond motifs is 1. The predicted octanol–water partition coefficient (Wildman–Crippen LogP) is 0.429. The van der Waals surface area contributed by atoms with Crippen molar-refractivity contribution in [3.05, 3.63) is 0 Å². The van der Waals surface area contributed by atoms with Gasteiger partial charge >= 0.3 is 0 Å². The van der Waals surface area contributed by atoms with E-state index in [1.807, 2.05) is 0 Å². The SMILES string of the molecule is CC1(C)C2CNC(C=O)C21. The first-order chi connectivity index (χ1) is 4.68. The van der Waals surface area contributed by atoms with Gasteiger partial charge in [0.25, 0.3) is 0 Å². The highest BCUT2D eigenvalue weighted by atomic mass is 16.1. The van der Waals surface area contributed by atoms with Crippen LogP contribution in [0.4, 0.5) is 0 Å². The zero-order chi connectivity index (χ0) is 7.35. The van der Waals surface area contributed by atoms with E-state index in [0.29, 0.717) is 11.3 Å². The largest absolute Gasteiger partial charge is 0.307 e. The summed E-state index contributed by atoms with van der Waals surface area (Å²) in [4.78, 5) is 10.5. The molecule has 3 atom stereocenters. The maximum Gasteiger partial charge on any atom is 0.137 e. The zero-order valence-corrected chi connectivity index (χ0v) is 6.42. The lowest BCUT2D eigenvalue weighted by molar-refractivity contribution is -0.109. The van der Waals surface area contributed by atoms with Gasteiger partial charge in [-0.25, -0.2) is 0 Å². The molecule has 0 amide bonds. The molecule has 2 nitrogen and oxygen atoms in total. The van der Waals surface area contributed by atoms with Gasteiger partial charge in [0.15, 0.2) is 0 Å². The molecular formula is C8H13NO. The summed E-state index contributed by atoms with van der Waals surface area (Å²) >= 11 is 0. The quantitative estimate of drug-likeness (QED) is 0.534. The molecule has 1 heterocycles. The number of hydrogen-bond donors (Lipinski definition) is 1. The number of aldehydes is 1. The first-order valence-electron chi connectivity index (χ1n) is 3.86. The fourth-order valence-electron chi connectivity index (χ4n) is 2.41. The van der Waals surface area contributed by atoms with Crippen LogP contribution in [0.5, 0.6) is 0 Å². The summed E-state index contributed by atoms with van der Waals surface area (Å²) in [6.07, 6.45) is 1.05. The smallest absolute Gasteiger partial charge is 0.137 e. The first kappa shape index (κ1) is 6.35. The Balaban J connectivity index is 2.13. The lowest BCUT2D eigenvalue weighted by Crippen LogP contribution is -2.31. The molecule has 0 spiro atoms. The van der Waals surface area contributed by atoms with Gasteiger partial charge in [-0.3, -0.25) is 0 Å². The zero-order valence-electron chi connectivity index (χ0n) is 6.42. The van der Waals surface area contributed by atoms with Gasteiger partial charge in [-0.1, -0.05) is 13.8 Å². The molecule has 1 aliphatic heterocycles. The minimum absolute atomic E-state index is 0.153. The molecule has 0 aromatic carbocycles. The van der Waals surface area contributed by atoms with Crippen molar-refractivity contribution < 1.29 is 4.79 Å². The minimum Gasteiger partial charge on any atom is -0.307 e. The Labute approximate surface area is 61.0 Å². The van der Waals surface area contributed by atoms with Gasteiger partial charge in [0.2, 0.25) is 0 Å². The second kappa shape index (κ2) is 1.62. The molecule has 0 bridgehead atoms. The highest BCUT2D eigenvalue weighted by Gasteiger charge is 2.63. The number of carbonyl (C=O) groups is 1. The topological polar surface area (TPSA) is 29.1 Å². The monoisotopic (exact) mass is 139 g/mol. The van der Waals surface area contributed by atoms with E-state index in [0.717, 1.165) is 18.7 Å². The van der Waals surface area contributed by atoms with Gasteiger partial charge in [-0.05, 0) is 23.8 Å². The van der Waals surface area contributed by atoms with Crippen LogP contribution in [0.3, 0.4) is 0 Å². The molecule has 0 aromatic rings. The van der Waals surface area contributed by atoms with Gasteiger partial charge in [0.1, 0.15) is 6.29 Å². The van der Waals surface area contributed by atoms with Crippen molar-refractivity contribution in [3.8, 4) is 0 Å². The summed E-state index contributed by atoms with van der Waals surface area (Å²) in [5.41, 5.74) is 0.441. The van der Waals surface area contributed by atoms with E-state index < -0.39 is 0 Å². The number of carbonyl (C=O) groups excluding carboxylic acids is 1. The van der Waals surface area contributed by atoms with Gasteiger partial charge in [-0.15, -0.1) is 0 Å². The number of piperidine rings is 1. The maximum atomic E-state index is 10.5. The summed E-state index contributed by atoms with van der Waals surface area (Å²) in [6.45, 7) is 5.54. The number of rotatable bonds is 1. The lowest BCUT2D eigenvalue weighted by Gasteiger charge is -2.12. The molecule has 1 aliphatic carbocycles. The van der Waals surface area contributed by atoms with Gasteiger partial charge in [0, 0.05) is 0 Å². The Bertz CT molecular complexity index is 176. The highest BCUT2D eigenvalue weighted by molar-refractivity contribution is 5.61. The van der Waals surface area contributed by atoms with Gasteiger partial charge in [-0.2, -0.15) is 0 Å². The third kappa shape index (κ3) is 0.553. The van der Waals surface area contributed by atoms with Crippen LogP contribution in [0.15, 0.2) is 0 Å². The highest BCUT2D eigenvalue weighted by Crippen LogP contribution is 2.61. The molecule has 1 N–H and O–H groups in total. The summed E-state index contributed by atoms with van der Waals surface area (Å²) in [7, 11) is 0. The summed E-state index contributed by atoms with van der Waals surface area (Å²) in [5, 5.41) is 3.19. The van der Waals surface area contributed by atoms with Crippen molar-refractivity contribution in [2.45, 2.75) is 19.9 Å². The molecule has 2 fully saturated rings. The minimum atomic E-state index is 0.153. The summed E-state index contributed by atoms with van der Waals surface area (Å²) < 4.78 is 0. The van der Waals surface area contributed by atoms with Crippen molar-refractivity contribution in [1.82, 2.24) is 5.32 Å². The lowest BCUT2D eigenvalue weighted by atomic mass is 10.0. The van der Waals surface area contributed by atoms with Crippen LogP contribution in [-0.4, -0.2) is 18.9 Å². The second-order valence-electron chi connectivity index (χ2n) is 4.02. The van der Waals surface area contributed by atoms with E-state index in [2.05, 4.69) is 19.2 Å². The standard InChI is InChI=1S/C8H13NO/c1-8(2)5-3-9-6(4-10)7(5)8/h4-7,9H,3H2,1-2H3. The van der Waals surface area contributed by atoms with Crippen molar-refractivity contribution in [3.63, 3.8) is 0 Å². The molecule has 10 heavy (non-hydrogen) atoms. The van der Waals surface area contributed by atoms with Crippen LogP contribution in [0, 0.1) is 17.3 Å². The van der Waals surface area contributed by atoms with Crippen LogP contribution in [0.2, 0.25) is 0 Å².